The number of halogens is 2. The molecule has 1 atom stereocenters. The van der Waals surface area contributed by atoms with Crippen LogP contribution in [0.3, 0.4) is 0 Å². The fourth-order valence-electron chi connectivity index (χ4n) is 2.27. The van der Waals surface area contributed by atoms with Gasteiger partial charge in [0.1, 0.15) is 10.8 Å². The fraction of sp³-hybridized carbons (Fsp3) is 0.538. The van der Waals surface area contributed by atoms with E-state index in [1.165, 1.54) is 0 Å². The van der Waals surface area contributed by atoms with Gasteiger partial charge in [0, 0.05) is 13.1 Å². The molecule has 1 aromatic heterocycles. The molecule has 19 heavy (non-hydrogen) atoms. The number of aromatic nitrogens is 1. The number of pyridine rings is 1. The number of likely N-dealkylation sites (tertiary alicyclic amines) is 1. The summed E-state index contributed by atoms with van der Waals surface area (Å²) in [4.78, 5) is 18.3. The van der Waals surface area contributed by atoms with Crippen LogP contribution in [0.2, 0.25) is 10.2 Å². The molecular weight excluding hydrogens is 285 g/mol. The fourth-order valence-corrected chi connectivity index (χ4v) is 2.60. The summed E-state index contributed by atoms with van der Waals surface area (Å²) >= 11 is 11.7. The van der Waals surface area contributed by atoms with E-state index in [-0.39, 0.29) is 16.8 Å². The largest absolute Gasteiger partial charge is 0.350 e. The lowest BCUT2D eigenvalue weighted by atomic mass is 10.1. The second-order valence-electron chi connectivity index (χ2n) is 4.72. The molecule has 0 aromatic carbocycles. The van der Waals surface area contributed by atoms with Crippen LogP contribution in [0, 0.1) is 5.92 Å². The maximum absolute atomic E-state index is 12.0. The summed E-state index contributed by atoms with van der Waals surface area (Å²) in [6.07, 6.45) is 1.12. The van der Waals surface area contributed by atoms with Crippen molar-refractivity contribution in [3.63, 3.8) is 0 Å². The van der Waals surface area contributed by atoms with Gasteiger partial charge in [-0.1, -0.05) is 30.1 Å². The quantitative estimate of drug-likeness (QED) is 0.869. The second-order valence-corrected chi connectivity index (χ2v) is 5.52. The van der Waals surface area contributed by atoms with Crippen molar-refractivity contribution < 1.29 is 4.79 Å². The molecule has 0 bridgehead atoms. The van der Waals surface area contributed by atoms with Crippen molar-refractivity contribution >= 4 is 29.1 Å². The molecule has 1 N–H and O–H groups in total. The van der Waals surface area contributed by atoms with Crippen molar-refractivity contribution in [1.82, 2.24) is 15.2 Å². The van der Waals surface area contributed by atoms with Gasteiger partial charge in [-0.05, 0) is 37.6 Å². The minimum atomic E-state index is -0.262. The van der Waals surface area contributed by atoms with Gasteiger partial charge in [0.15, 0.2) is 0 Å². The van der Waals surface area contributed by atoms with E-state index in [9.17, 15) is 4.79 Å². The Morgan fingerprint density at radius 1 is 1.53 bits per heavy atom. The van der Waals surface area contributed by atoms with E-state index in [4.69, 9.17) is 23.2 Å². The number of nitrogens with one attached hydrogen (secondary N) is 1. The van der Waals surface area contributed by atoms with Crippen LogP contribution < -0.4 is 5.32 Å². The van der Waals surface area contributed by atoms with Gasteiger partial charge < -0.3 is 10.2 Å². The molecule has 104 valence electrons. The van der Waals surface area contributed by atoms with Crippen LogP contribution in [0.1, 0.15) is 23.8 Å². The van der Waals surface area contributed by atoms with Crippen LogP contribution in [0.15, 0.2) is 12.1 Å². The number of carbonyl (C=O) groups is 1. The van der Waals surface area contributed by atoms with Gasteiger partial charge in [-0.15, -0.1) is 0 Å². The third-order valence-electron chi connectivity index (χ3n) is 3.40. The smallest absolute Gasteiger partial charge is 0.271 e. The van der Waals surface area contributed by atoms with E-state index in [2.05, 4.69) is 22.1 Å². The minimum absolute atomic E-state index is 0.194. The number of rotatable bonds is 4. The minimum Gasteiger partial charge on any atom is -0.350 e. The molecular formula is C13H17Cl2N3O. The van der Waals surface area contributed by atoms with Crippen LogP contribution >= 0.6 is 23.2 Å². The molecule has 2 rings (SSSR count). The monoisotopic (exact) mass is 301 g/mol. The highest BCUT2D eigenvalue weighted by atomic mass is 35.5. The molecule has 4 nitrogen and oxygen atoms in total. The van der Waals surface area contributed by atoms with E-state index in [1.807, 2.05) is 0 Å². The summed E-state index contributed by atoms with van der Waals surface area (Å²) < 4.78 is 0. The highest BCUT2D eigenvalue weighted by molar-refractivity contribution is 6.34. The average Bonchev–Trinajstić information content (AvgIpc) is 2.87. The molecule has 0 radical (unpaired) electrons. The van der Waals surface area contributed by atoms with Gasteiger partial charge in [0.2, 0.25) is 0 Å². The zero-order chi connectivity index (χ0) is 13.8. The first kappa shape index (κ1) is 14.6. The highest BCUT2D eigenvalue weighted by Gasteiger charge is 2.22. The Kier molecular flexibility index (Phi) is 5.02. The van der Waals surface area contributed by atoms with Crippen molar-refractivity contribution in [2.75, 3.05) is 26.2 Å². The summed E-state index contributed by atoms with van der Waals surface area (Å²) in [5, 5.41) is 3.48. The molecule has 1 amide bonds. The molecule has 1 saturated heterocycles. The van der Waals surface area contributed by atoms with Crippen LogP contribution in [-0.4, -0.2) is 42.0 Å². The van der Waals surface area contributed by atoms with Gasteiger partial charge in [-0.3, -0.25) is 4.79 Å². The Labute approximate surface area is 123 Å². The Bertz CT molecular complexity index is 467. The number of nitrogens with zero attached hydrogens (tertiary/aromatic N) is 2. The molecule has 1 aliphatic rings. The summed E-state index contributed by atoms with van der Waals surface area (Å²) in [6.45, 7) is 6.00. The zero-order valence-electron chi connectivity index (χ0n) is 10.8. The molecule has 1 unspecified atom stereocenters. The molecule has 1 fully saturated rings. The van der Waals surface area contributed by atoms with Crippen molar-refractivity contribution in [2.45, 2.75) is 13.3 Å². The lowest BCUT2D eigenvalue weighted by Crippen LogP contribution is -2.31. The summed E-state index contributed by atoms with van der Waals surface area (Å²) in [6, 6.07) is 3.15. The number of hydrogen-bond acceptors (Lipinski definition) is 3. The molecule has 1 aliphatic heterocycles. The summed E-state index contributed by atoms with van der Waals surface area (Å²) in [5.74, 6) is 0.240. The Hall–Kier alpha value is -0.840. The molecule has 0 saturated carbocycles. The summed E-state index contributed by atoms with van der Waals surface area (Å²) in [7, 11) is 0. The molecule has 2 heterocycles. The number of hydrogen-bond donors (Lipinski definition) is 1. The Morgan fingerprint density at radius 3 is 3.00 bits per heavy atom. The first-order valence-electron chi connectivity index (χ1n) is 6.42. The summed E-state index contributed by atoms with van der Waals surface area (Å²) in [5.41, 5.74) is 0.194. The van der Waals surface area contributed by atoms with Crippen molar-refractivity contribution in [3.8, 4) is 0 Å². The molecule has 0 aliphatic carbocycles. The Morgan fingerprint density at radius 2 is 2.32 bits per heavy atom. The van der Waals surface area contributed by atoms with Gasteiger partial charge in [0.05, 0.1) is 5.02 Å². The zero-order valence-corrected chi connectivity index (χ0v) is 12.3. The third-order valence-corrected chi connectivity index (χ3v) is 3.91. The van der Waals surface area contributed by atoms with Crippen LogP contribution in [0.25, 0.3) is 0 Å². The lowest BCUT2D eigenvalue weighted by molar-refractivity contribution is 0.0942. The topological polar surface area (TPSA) is 45.2 Å². The van der Waals surface area contributed by atoms with Crippen molar-refractivity contribution in [2.24, 2.45) is 5.92 Å². The number of carbonyl (C=O) groups excluding carboxylic acids is 1. The second kappa shape index (κ2) is 6.55. The molecule has 1 aromatic rings. The Balaban J connectivity index is 1.89. The van der Waals surface area contributed by atoms with E-state index in [0.717, 1.165) is 26.1 Å². The van der Waals surface area contributed by atoms with Gasteiger partial charge in [-0.2, -0.15) is 0 Å². The first-order chi connectivity index (χ1) is 9.10. The SMILES string of the molecule is CCN1CCC(CNC(=O)c2nc(Cl)ccc2Cl)C1. The van der Waals surface area contributed by atoms with Crippen LogP contribution in [-0.2, 0) is 0 Å². The third kappa shape index (κ3) is 3.81. The van der Waals surface area contributed by atoms with Gasteiger partial charge >= 0.3 is 0 Å². The maximum atomic E-state index is 12.0. The lowest BCUT2D eigenvalue weighted by Gasteiger charge is -2.13. The van der Waals surface area contributed by atoms with Gasteiger partial charge in [-0.25, -0.2) is 4.98 Å². The van der Waals surface area contributed by atoms with E-state index >= 15 is 0 Å². The van der Waals surface area contributed by atoms with Gasteiger partial charge in [0.25, 0.3) is 5.91 Å². The van der Waals surface area contributed by atoms with Crippen LogP contribution in [0.5, 0.6) is 0 Å². The first-order valence-corrected chi connectivity index (χ1v) is 7.18. The normalized spacial score (nSPS) is 19.6. The van der Waals surface area contributed by atoms with E-state index in [1.54, 1.807) is 12.1 Å². The standard InChI is InChI=1S/C13H17Cl2N3O/c1-2-18-6-5-9(8-18)7-16-13(19)12-10(14)3-4-11(15)17-12/h3-4,9H,2,5-8H2,1H3,(H,16,19). The highest BCUT2D eigenvalue weighted by Crippen LogP contribution is 2.18. The van der Waals surface area contributed by atoms with E-state index in [0.29, 0.717) is 17.5 Å². The molecule has 0 spiro atoms. The van der Waals surface area contributed by atoms with Crippen molar-refractivity contribution in [1.29, 1.82) is 0 Å². The van der Waals surface area contributed by atoms with Crippen molar-refractivity contribution in [3.05, 3.63) is 28.0 Å². The predicted molar refractivity (Wildman–Crippen MR) is 76.8 cm³/mol. The number of amides is 1. The maximum Gasteiger partial charge on any atom is 0.271 e. The van der Waals surface area contributed by atoms with E-state index < -0.39 is 0 Å². The van der Waals surface area contributed by atoms with Crippen LogP contribution in [0.4, 0.5) is 0 Å². The predicted octanol–water partition coefficient (Wildman–Crippen LogP) is 2.46. The average molecular weight is 302 g/mol. The molecule has 6 heteroatoms.